The third kappa shape index (κ3) is 5.06. The zero-order chi connectivity index (χ0) is 26.3. The van der Waals surface area contributed by atoms with Gasteiger partial charge in [0.05, 0.1) is 23.2 Å². The van der Waals surface area contributed by atoms with Crippen molar-refractivity contribution in [1.29, 1.82) is 0 Å². The molecule has 9 heteroatoms. The number of nitrogens with zero attached hydrogens (tertiary/aromatic N) is 2. The average Bonchev–Trinajstić information content (AvgIpc) is 3.32. The Bertz CT molecular complexity index is 859. The van der Waals surface area contributed by atoms with Crippen molar-refractivity contribution < 1.29 is 24.2 Å². The van der Waals surface area contributed by atoms with Gasteiger partial charge in [-0.3, -0.25) is 14.4 Å². The quantitative estimate of drug-likeness (QED) is 0.244. The van der Waals surface area contributed by atoms with Gasteiger partial charge in [-0.2, -0.15) is 0 Å². The smallest absolute Gasteiger partial charge is 0.310 e. The van der Waals surface area contributed by atoms with Gasteiger partial charge in [0.1, 0.15) is 6.04 Å². The van der Waals surface area contributed by atoms with Crippen LogP contribution in [0.1, 0.15) is 60.8 Å². The number of halogens is 1. The lowest BCUT2D eigenvalue weighted by atomic mass is 9.70. The zero-order valence-electron chi connectivity index (χ0n) is 21.9. The summed E-state index contributed by atoms with van der Waals surface area (Å²) in [5.74, 6) is -1.83. The van der Waals surface area contributed by atoms with Gasteiger partial charge in [-0.1, -0.05) is 42.8 Å². The van der Waals surface area contributed by atoms with Crippen LogP contribution in [0.25, 0.3) is 0 Å². The molecule has 1 spiro atoms. The molecular formula is C26H41BrN2O5S. The Labute approximate surface area is 222 Å². The first kappa shape index (κ1) is 28.5. The molecule has 0 aromatic carbocycles. The highest BCUT2D eigenvalue weighted by Crippen LogP contribution is 2.68. The standard InChI is InChI=1S/C26H41BrN2O5S/c1-8-11-29(25(6,7)15-24(3,4)5)22(32)20-26-14-16(27)19(35-26)17(23(33)34-9-2)18(26)21(31)28(20)12-10-13-30/h8,16-20,30H,1,9-15H2,2-7H3/t16?,17-,18+,19-,20?,26?/m1/s1. The van der Waals surface area contributed by atoms with Crippen LogP contribution in [0.15, 0.2) is 12.7 Å². The number of hydrogen-bond acceptors (Lipinski definition) is 6. The molecule has 3 aliphatic heterocycles. The van der Waals surface area contributed by atoms with Crippen LogP contribution in [0.4, 0.5) is 0 Å². The fourth-order valence-corrected chi connectivity index (χ4v) is 10.3. The Hall–Kier alpha value is -1.06. The molecule has 3 fully saturated rings. The highest BCUT2D eigenvalue weighted by atomic mass is 79.9. The molecule has 0 saturated carbocycles. The van der Waals surface area contributed by atoms with Crippen molar-refractivity contribution in [1.82, 2.24) is 9.80 Å². The summed E-state index contributed by atoms with van der Waals surface area (Å²) in [6.07, 6.45) is 3.51. The number of aliphatic hydroxyl groups is 1. The summed E-state index contributed by atoms with van der Waals surface area (Å²) in [7, 11) is 0. The van der Waals surface area contributed by atoms with E-state index >= 15 is 0 Å². The van der Waals surface area contributed by atoms with E-state index in [4.69, 9.17) is 4.74 Å². The Balaban J connectivity index is 2.08. The van der Waals surface area contributed by atoms with Gasteiger partial charge in [0.25, 0.3) is 0 Å². The Kier molecular flexibility index (Phi) is 8.44. The van der Waals surface area contributed by atoms with Gasteiger partial charge in [-0.15, -0.1) is 18.3 Å². The number of aliphatic hydroxyl groups excluding tert-OH is 1. The van der Waals surface area contributed by atoms with Gasteiger partial charge in [0.2, 0.25) is 11.8 Å². The number of rotatable bonds is 10. The van der Waals surface area contributed by atoms with Gasteiger partial charge in [0.15, 0.2) is 0 Å². The highest BCUT2D eigenvalue weighted by molar-refractivity contribution is 9.09. The van der Waals surface area contributed by atoms with Crippen LogP contribution in [-0.2, 0) is 19.1 Å². The number of esters is 1. The largest absolute Gasteiger partial charge is 0.466 e. The monoisotopic (exact) mass is 572 g/mol. The number of hydrogen-bond donors (Lipinski definition) is 1. The topological polar surface area (TPSA) is 87.2 Å². The molecule has 35 heavy (non-hydrogen) atoms. The van der Waals surface area contributed by atoms with Crippen molar-refractivity contribution >= 4 is 45.5 Å². The van der Waals surface area contributed by atoms with E-state index in [1.54, 1.807) is 29.7 Å². The summed E-state index contributed by atoms with van der Waals surface area (Å²) < 4.78 is 4.68. The summed E-state index contributed by atoms with van der Waals surface area (Å²) in [5.41, 5.74) is -0.484. The first-order valence-corrected chi connectivity index (χ1v) is 14.4. The van der Waals surface area contributed by atoms with Crippen molar-refractivity contribution in [3.05, 3.63) is 12.7 Å². The third-order valence-corrected chi connectivity index (χ3v) is 10.6. The maximum atomic E-state index is 14.5. The molecule has 3 heterocycles. The maximum absolute atomic E-state index is 14.5. The summed E-state index contributed by atoms with van der Waals surface area (Å²) in [6.45, 7) is 17.1. The van der Waals surface area contributed by atoms with E-state index in [-0.39, 0.29) is 53.0 Å². The molecule has 0 aromatic rings. The predicted octanol–water partition coefficient (Wildman–Crippen LogP) is 3.63. The van der Waals surface area contributed by atoms with Crippen LogP contribution in [0, 0.1) is 17.3 Å². The van der Waals surface area contributed by atoms with E-state index in [1.807, 2.05) is 4.90 Å². The molecular weight excluding hydrogens is 532 g/mol. The number of thioether (sulfide) groups is 1. The average molecular weight is 574 g/mol. The summed E-state index contributed by atoms with van der Waals surface area (Å²) >= 11 is 5.37. The molecule has 7 nitrogen and oxygen atoms in total. The SMILES string of the molecule is C=CCN(C(=O)C1N(CCCO)C(=O)[C@@H]2[C@@H](C(=O)OCC)[C@@H]3SC12CC3Br)C(C)(C)CC(C)(C)C. The lowest BCUT2D eigenvalue weighted by Gasteiger charge is -2.46. The van der Waals surface area contributed by atoms with E-state index in [0.29, 0.717) is 19.4 Å². The number of carbonyl (C=O) groups is 3. The van der Waals surface area contributed by atoms with E-state index in [9.17, 15) is 19.5 Å². The second-order valence-electron chi connectivity index (χ2n) is 11.8. The van der Waals surface area contributed by atoms with E-state index in [1.165, 1.54) is 0 Å². The number of ether oxygens (including phenoxy) is 1. The minimum Gasteiger partial charge on any atom is -0.466 e. The van der Waals surface area contributed by atoms with Crippen LogP contribution in [-0.4, -0.2) is 85.4 Å². The lowest BCUT2D eigenvalue weighted by Crippen LogP contribution is -2.60. The zero-order valence-corrected chi connectivity index (χ0v) is 24.3. The van der Waals surface area contributed by atoms with Gasteiger partial charge in [-0.05, 0) is 45.4 Å². The Morgan fingerprint density at radius 1 is 1.34 bits per heavy atom. The summed E-state index contributed by atoms with van der Waals surface area (Å²) in [5, 5.41) is 9.42. The van der Waals surface area contributed by atoms with Crippen LogP contribution >= 0.6 is 27.7 Å². The second-order valence-corrected chi connectivity index (χ2v) is 14.5. The molecule has 0 aliphatic carbocycles. The van der Waals surface area contributed by atoms with Crippen molar-refractivity contribution in [2.75, 3.05) is 26.3 Å². The molecule has 0 radical (unpaired) electrons. The molecule has 6 atom stereocenters. The molecule has 3 aliphatic rings. The first-order valence-electron chi connectivity index (χ1n) is 12.6. The number of fused-ring (bicyclic) bond motifs is 1. The minimum absolute atomic E-state index is 0.00878. The first-order chi connectivity index (χ1) is 16.3. The van der Waals surface area contributed by atoms with Gasteiger partial charge in [-0.25, -0.2) is 0 Å². The molecule has 2 bridgehead atoms. The maximum Gasteiger partial charge on any atom is 0.310 e. The normalized spacial score (nSPS) is 32.1. The van der Waals surface area contributed by atoms with Crippen LogP contribution in [0.2, 0.25) is 0 Å². The fraction of sp³-hybridized carbons (Fsp3) is 0.808. The minimum atomic E-state index is -0.711. The van der Waals surface area contributed by atoms with Crippen molar-refractivity contribution in [3.8, 4) is 0 Å². The molecule has 3 unspecified atom stereocenters. The van der Waals surface area contributed by atoms with E-state index < -0.39 is 28.2 Å². The van der Waals surface area contributed by atoms with Crippen LogP contribution in [0.3, 0.4) is 0 Å². The molecule has 3 rings (SSSR count). The molecule has 2 amide bonds. The Morgan fingerprint density at radius 2 is 2.00 bits per heavy atom. The summed E-state index contributed by atoms with van der Waals surface area (Å²) in [4.78, 5) is 44.9. The fourth-order valence-electron chi connectivity index (χ4n) is 6.70. The molecule has 1 N–H and O–H groups in total. The van der Waals surface area contributed by atoms with E-state index in [0.717, 1.165) is 6.42 Å². The number of amides is 2. The predicted molar refractivity (Wildman–Crippen MR) is 142 cm³/mol. The number of alkyl halides is 1. The second kappa shape index (κ2) is 10.4. The lowest BCUT2D eigenvalue weighted by molar-refractivity contribution is -0.153. The Morgan fingerprint density at radius 3 is 2.54 bits per heavy atom. The van der Waals surface area contributed by atoms with Crippen molar-refractivity contribution in [3.63, 3.8) is 0 Å². The third-order valence-electron chi connectivity index (χ3n) is 7.41. The van der Waals surface area contributed by atoms with Gasteiger partial charge in [0, 0.05) is 35.3 Å². The molecule has 0 aromatic heterocycles. The number of carbonyl (C=O) groups excluding carboxylic acids is 3. The van der Waals surface area contributed by atoms with Gasteiger partial charge >= 0.3 is 5.97 Å². The highest BCUT2D eigenvalue weighted by Gasteiger charge is 2.76. The molecule has 3 saturated heterocycles. The van der Waals surface area contributed by atoms with Crippen molar-refractivity contribution in [2.24, 2.45) is 17.3 Å². The van der Waals surface area contributed by atoms with Crippen molar-refractivity contribution in [2.45, 2.75) is 87.2 Å². The summed E-state index contributed by atoms with van der Waals surface area (Å²) in [6, 6.07) is -0.708. The number of likely N-dealkylation sites (tertiary alicyclic amines) is 1. The molecule has 198 valence electrons. The van der Waals surface area contributed by atoms with E-state index in [2.05, 4.69) is 57.1 Å². The van der Waals surface area contributed by atoms with Crippen LogP contribution < -0.4 is 0 Å². The van der Waals surface area contributed by atoms with Gasteiger partial charge < -0.3 is 19.6 Å². The van der Waals surface area contributed by atoms with Crippen LogP contribution in [0.5, 0.6) is 0 Å².